The molecule has 2 N–H and O–H groups in total. The number of halogens is 2. The number of rotatable bonds is 12. The van der Waals surface area contributed by atoms with E-state index in [2.05, 4.69) is 20.4 Å². The fraction of sp³-hybridized carbons (Fsp3) is 0.560. The van der Waals surface area contributed by atoms with Crippen molar-refractivity contribution in [1.29, 1.82) is 0 Å². The Morgan fingerprint density at radius 2 is 2.10 bits per heavy atom. The van der Waals surface area contributed by atoms with Gasteiger partial charge in [0.1, 0.15) is 0 Å². The third kappa shape index (κ3) is 8.07. The maximum absolute atomic E-state index is 13.2. The molecule has 12 nitrogen and oxygen atoms in total. The number of benzene rings is 1. The summed E-state index contributed by atoms with van der Waals surface area (Å²) in [7, 11) is -6.78. The van der Waals surface area contributed by atoms with E-state index in [1.54, 1.807) is 35.0 Å². The molecule has 16 heteroatoms. The van der Waals surface area contributed by atoms with Crippen LogP contribution in [0.2, 0.25) is 10.3 Å². The van der Waals surface area contributed by atoms with Crippen LogP contribution < -0.4 is 5.32 Å². The lowest BCUT2D eigenvalue weighted by atomic mass is 10.1. The number of hydrogen-bond acceptors (Lipinski definition) is 10. The molecule has 1 aliphatic heterocycles. The summed E-state index contributed by atoms with van der Waals surface area (Å²) in [6.07, 6.45) is 6.42. The molecule has 4 atom stereocenters. The standard InChI is InChI=1S/C25H33Cl2N5O7P2/c1-36-21(10-9-20-14-28-24-23(29-19-7-2-3-8-19)30-25(27)31-32(20)24)15-38-40(33,34)16-41(35)37-12-11-22(39-41)17-5-4-6-18(26)13-17/h4-6,13-14,19,21-22H,2-3,7-12,15-16H2,1H3,(H,33,34)(H,29,30,31)/t21-,22-,41?/m0/s1. The van der Waals surface area contributed by atoms with Gasteiger partial charge in [0.05, 0.1) is 37.3 Å². The summed E-state index contributed by atoms with van der Waals surface area (Å²) in [5, 5.41) is 8.35. The number of hydrogen-bond donors (Lipinski definition) is 2. The maximum atomic E-state index is 13.2. The number of ether oxygens (including phenoxy) is 1. The average molecular weight is 648 g/mol. The summed E-state index contributed by atoms with van der Waals surface area (Å²) in [4.78, 5) is 19.3. The highest BCUT2D eigenvalue weighted by molar-refractivity contribution is 7.71. The van der Waals surface area contributed by atoms with Crippen molar-refractivity contribution in [3.8, 4) is 0 Å². The van der Waals surface area contributed by atoms with E-state index < -0.39 is 33.3 Å². The first-order valence-corrected chi connectivity index (χ1v) is 17.7. The molecular formula is C25H33Cl2N5O7P2. The van der Waals surface area contributed by atoms with Crippen molar-refractivity contribution in [3.63, 3.8) is 0 Å². The lowest BCUT2D eigenvalue weighted by Crippen LogP contribution is -2.20. The molecule has 5 rings (SSSR count). The zero-order valence-corrected chi connectivity index (χ0v) is 25.8. The van der Waals surface area contributed by atoms with Crippen LogP contribution in [0.3, 0.4) is 0 Å². The number of nitrogens with zero attached hydrogens (tertiary/aromatic N) is 4. The van der Waals surface area contributed by atoms with Crippen LogP contribution in [-0.2, 0) is 33.9 Å². The van der Waals surface area contributed by atoms with Crippen LogP contribution in [0.25, 0.3) is 5.65 Å². The van der Waals surface area contributed by atoms with Gasteiger partial charge in [-0.1, -0.05) is 36.6 Å². The number of aryl methyl sites for hydroxylation is 1. The van der Waals surface area contributed by atoms with Gasteiger partial charge in [-0.25, -0.2) is 9.50 Å². The van der Waals surface area contributed by atoms with Crippen molar-refractivity contribution >= 4 is 49.9 Å². The van der Waals surface area contributed by atoms with Crippen LogP contribution >= 0.6 is 38.4 Å². The largest absolute Gasteiger partial charge is 0.379 e. The molecule has 2 aromatic heterocycles. The van der Waals surface area contributed by atoms with Gasteiger partial charge >= 0.3 is 15.2 Å². The summed E-state index contributed by atoms with van der Waals surface area (Å²) < 4.78 is 49.6. The summed E-state index contributed by atoms with van der Waals surface area (Å²) in [5.41, 5.74) is 2.07. The zero-order valence-electron chi connectivity index (χ0n) is 22.5. The normalized spacial score (nSPS) is 24.0. The monoisotopic (exact) mass is 647 g/mol. The molecule has 2 unspecified atom stereocenters. The Labute approximate surface area is 248 Å². The molecule has 0 amide bonds. The lowest BCUT2D eigenvalue weighted by molar-refractivity contribution is 0.0475. The molecule has 2 fully saturated rings. The summed E-state index contributed by atoms with van der Waals surface area (Å²) in [6, 6.07) is 7.30. The van der Waals surface area contributed by atoms with Crippen molar-refractivity contribution in [2.24, 2.45) is 0 Å². The SMILES string of the molecule is CO[C@@H](CCc1cnc2c(NC3CCCC3)nc(Cl)nn12)COP(=O)(O)CP1(=O)OCC[C@@H](c2cccc(Cl)c2)O1. The summed E-state index contributed by atoms with van der Waals surface area (Å²) in [6.45, 7) is -0.0944. The first-order chi connectivity index (χ1) is 19.6. The van der Waals surface area contributed by atoms with E-state index in [9.17, 15) is 14.0 Å². The van der Waals surface area contributed by atoms with Crippen LogP contribution in [0.5, 0.6) is 0 Å². The highest BCUT2D eigenvalue weighted by atomic mass is 35.5. The van der Waals surface area contributed by atoms with E-state index in [-0.39, 0.29) is 18.5 Å². The van der Waals surface area contributed by atoms with Gasteiger partial charge < -0.3 is 24.0 Å². The zero-order chi connectivity index (χ0) is 29.0. The molecule has 224 valence electrons. The highest BCUT2D eigenvalue weighted by Gasteiger charge is 2.41. The average Bonchev–Trinajstić information content (AvgIpc) is 3.58. The van der Waals surface area contributed by atoms with Crippen molar-refractivity contribution in [2.75, 3.05) is 31.5 Å². The molecule has 0 radical (unpaired) electrons. The maximum Gasteiger partial charge on any atom is 0.343 e. The molecule has 1 saturated heterocycles. The van der Waals surface area contributed by atoms with E-state index >= 15 is 0 Å². The number of anilines is 1. The smallest absolute Gasteiger partial charge is 0.343 e. The number of aromatic nitrogens is 4. The van der Waals surface area contributed by atoms with E-state index in [0.717, 1.165) is 24.1 Å². The second kappa shape index (κ2) is 13.4. The number of fused-ring (bicyclic) bond motifs is 1. The minimum atomic E-state index is -4.35. The first-order valence-electron chi connectivity index (χ1n) is 13.5. The van der Waals surface area contributed by atoms with Crippen LogP contribution in [0.4, 0.5) is 5.82 Å². The Kier molecular flexibility index (Phi) is 10.1. The molecule has 0 spiro atoms. The van der Waals surface area contributed by atoms with Crippen molar-refractivity contribution in [3.05, 3.63) is 52.0 Å². The van der Waals surface area contributed by atoms with Crippen molar-refractivity contribution < 1.29 is 32.3 Å². The minimum Gasteiger partial charge on any atom is -0.379 e. The third-order valence-electron chi connectivity index (χ3n) is 7.15. The van der Waals surface area contributed by atoms with Gasteiger partial charge in [0, 0.05) is 24.6 Å². The fourth-order valence-corrected chi connectivity index (χ4v) is 9.54. The van der Waals surface area contributed by atoms with Gasteiger partial charge in [-0.3, -0.25) is 13.7 Å². The number of methoxy groups -OCH3 is 1. The van der Waals surface area contributed by atoms with Gasteiger partial charge in [0.25, 0.3) is 0 Å². The van der Waals surface area contributed by atoms with Gasteiger partial charge in [-0.05, 0) is 55.0 Å². The van der Waals surface area contributed by atoms with Gasteiger partial charge in [0.15, 0.2) is 17.4 Å². The van der Waals surface area contributed by atoms with Crippen LogP contribution in [0, 0.1) is 0 Å². The Hall–Kier alpha value is -1.59. The number of nitrogens with one attached hydrogen (secondary N) is 1. The van der Waals surface area contributed by atoms with Crippen molar-refractivity contribution in [2.45, 2.75) is 63.2 Å². The van der Waals surface area contributed by atoms with Crippen molar-refractivity contribution in [1.82, 2.24) is 19.6 Å². The fourth-order valence-electron chi connectivity index (χ4n) is 5.05. The van der Waals surface area contributed by atoms with E-state index in [1.807, 2.05) is 0 Å². The van der Waals surface area contributed by atoms with Gasteiger partial charge in [-0.2, -0.15) is 4.98 Å². The molecule has 1 aromatic carbocycles. The van der Waals surface area contributed by atoms with Crippen LogP contribution in [0.15, 0.2) is 30.5 Å². The van der Waals surface area contributed by atoms with Crippen LogP contribution in [0.1, 0.15) is 55.9 Å². The summed E-state index contributed by atoms with van der Waals surface area (Å²) in [5.74, 6) is -0.178. The van der Waals surface area contributed by atoms with Crippen LogP contribution in [-0.4, -0.2) is 62.8 Å². The highest BCUT2D eigenvalue weighted by Crippen LogP contribution is 2.65. The quantitative estimate of drug-likeness (QED) is 0.215. The molecule has 41 heavy (non-hydrogen) atoms. The first kappa shape index (κ1) is 30.9. The second-order valence-corrected chi connectivity index (χ2v) is 15.3. The Morgan fingerprint density at radius 1 is 1.29 bits per heavy atom. The minimum absolute atomic E-state index is 0.102. The molecular weight excluding hydrogens is 615 g/mol. The predicted molar refractivity (Wildman–Crippen MR) is 155 cm³/mol. The van der Waals surface area contributed by atoms with E-state index in [1.165, 1.54) is 20.0 Å². The number of imidazole rings is 1. The predicted octanol–water partition coefficient (Wildman–Crippen LogP) is 6.26. The molecule has 1 aliphatic carbocycles. The topological polar surface area (TPSA) is 146 Å². The summed E-state index contributed by atoms with van der Waals surface area (Å²) >= 11 is 12.3. The Morgan fingerprint density at radius 3 is 2.85 bits per heavy atom. The lowest BCUT2D eigenvalue weighted by Gasteiger charge is -2.31. The molecule has 2 aliphatic rings. The Balaban J connectivity index is 1.17. The third-order valence-corrected chi connectivity index (χ3v) is 12.1. The van der Waals surface area contributed by atoms with Gasteiger partial charge in [-0.15, -0.1) is 5.10 Å². The molecule has 3 aromatic rings. The molecule has 0 bridgehead atoms. The van der Waals surface area contributed by atoms with E-state index in [4.69, 9.17) is 41.5 Å². The molecule has 3 heterocycles. The molecule has 1 saturated carbocycles. The second-order valence-electron chi connectivity index (χ2n) is 10.2. The Bertz CT molecular complexity index is 1450. The van der Waals surface area contributed by atoms with Gasteiger partial charge in [0.2, 0.25) is 5.28 Å². The van der Waals surface area contributed by atoms with E-state index in [0.29, 0.717) is 41.8 Å².